The predicted octanol–water partition coefficient (Wildman–Crippen LogP) is 2.08. The van der Waals surface area contributed by atoms with Gasteiger partial charge in [0.15, 0.2) is 0 Å². The van der Waals surface area contributed by atoms with Crippen molar-refractivity contribution in [3.05, 3.63) is 34.9 Å². The molecule has 1 heteroatoms. The minimum Gasteiger partial charge on any atom is -0.359 e. The first kappa shape index (κ1) is 9.67. The summed E-state index contributed by atoms with van der Waals surface area (Å²) in [6, 6.07) is 8.85. The van der Waals surface area contributed by atoms with E-state index in [1.54, 1.807) is 0 Å². The molecule has 68 valence electrons. The van der Waals surface area contributed by atoms with Crippen molar-refractivity contribution < 1.29 is 0 Å². The van der Waals surface area contributed by atoms with Crippen molar-refractivity contribution in [3.63, 3.8) is 0 Å². The van der Waals surface area contributed by atoms with Crippen LogP contribution in [0.2, 0.25) is 0 Å². The zero-order chi connectivity index (χ0) is 9.68. The van der Waals surface area contributed by atoms with Gasteiger partial charge in [-0.2, -0.15) is 0 Å². The van der Waals surface area contributed by atoms with E-state index in [0.29, 0.717) is 0 Å². The number of nitrogens with two attached hydrogens (primary N) is 1. The Morgan fingerprint density at radius 3 is 2.00 bits per heavy atom. The molecule has 0 aliphatic rings. The maximum Gasteiger partial charge on any atom is 0.0269 e. The Kier molecular flexibility index (Phi) is 3.40. The van der Waals surface area contributed by atoms with Gasteiger partial charge in [-0.3, -0.25) is 0 Å². The van der Waals surface area contributed by atoms with Crippen LogP contribution in [0.5, 0.6) is 0 Å². The molecule has 1 aromatic carbocycles. The molecule has 1 aromatic rings. The molecule has 0 amide bonds. The van der Waals surface area contributed by atoms with Crippen molar-refractivity contribution >= 4 is 0 Å². The molecule has 0 heterocycles. The summed E-state index contributed by atoms with van der Waals surface area (Å²) in [6.45, 7) is 4.29. The van der Waals surface area contributed by atoms with Crippen LogP contribution in [0.4, 0.5) is 0 Å². The quantitative estimate of drug-likeness (QED) is 0.538. The highest BCUT2D eigenvalue weighted by molar-refractivity contribution is 5.40. The number of hydrogen-bond donors (Lipinski definition) is 1. The first-order valence-electron chi connectivity index (χ1n) is 4.64. The van der Waals surface area contributed by atoms with Crippen LogP contribution in [0.1, 0.15) is 30.5 Å². The summed E-state index contributed by atoms with van der Waals surface area (Å²) in [5.74, 6) is 2.88. The van der Waals surface area contributed by atoms with Crippen LogP contribution in [0.25, 0.3) is 0 Å². The highest BCUT2D eigenvalue weighted by atomic mass is 14.5. The molecule has 1 rings (SSSR count). The van der Waals surface area contributed by atoms with E-state index in [9.17, 15) is 0 Å². The van der Waals surface area contributed by atoms with Crippen LogP contribution in [-0.2, 0) is 12.8 Å². The lowest BCUT2D eigenvalue weighted by molar-refractivity contribution is 1.08. The van der Waals surface area contributed by atoms with Gasteiger partial charge >= 0.3 is 0 Å². The summed E-state index contributed by atoms with van der Waals surface area (Å²) in [5.41, 5.74) is 8.87. The molecule has 0 aromatic heterocycles. The van der Waals surface area contributed by atoms with Crippen LogP contribution >= 0.6 is 0 Å². The maximum atomic E-state index is 5.18. The maximum absolute atomic E-state index is 5.18. The summed E-state index contributed by atoms with van der Waals surface area (Å²) in [4.78, 5) is 0. The number of rotatable bonds is 2. The second-order valence-electron chi connectivity index (χ2n) is 3.01. The van der Waals surface area contributed by atoms with Gasteiger partial charge in [0.25, 0.3) is 0 Å². The van der Waals surface area contributed by atoms with Crippen molar-refractivity contribution in [1.82, 2.24) is 0 Å². The molecule has 1 nitrogen and oxygen atoms in total. The Labute approximate surface area is 80.0 Å². The molecule has 0 radical (unpaired) electrons. The highest BCUT2D eigenvalue weighted by Gasteiger charge is 1.96. The fourth-order valence-corrected chi connectivity index (χ4v) is 1.33. The van der Waals surface area contributed by atoms with E-state index in [1.165, 1.54) is 11.1 Å². The van der Waals surface area contributed by atoms with Crippen molar-refractivity contribution in [3.8, 4) is 12.0 Å². The van der Waals surface area contributed by atoms with Gasteiger partial charge < -0.3 is 5.73 Å². The van der Waals surface area contributed by atoms with Gasteiger partial charge in [0.2, 0.25) is 0 Å². The molecule has 0 atom stereocenters. The molecular weight excluding hydrogens is 158 g/mol. The third-order valence-corrected chi connectivity index (χ3v) is 2.09. The molecule has 0 spiro atoms. The first-order chi connectivity index (χ1) is 6.30. The van der Waals surface area contributed by atoms with Crippen molar-refractivity contribution in [1.29, 1.82) is 0 Å². The molecule has 0 aliphatic heterocycles. The lowest BCUT2D eigenvalue weighted by atomic mass is 10.0. The van der Waals surface area contributed by atoms with Crippen LogP contribution in [0.3, 0.4) is 0 Å². The summed E-state index contributed by atoms with van der Waals surface area (Å²) < 4.78 is 0. The van der Waals surface area contributed by atoms with E-state index in [0.717, 1.165) is 18.4 Å². The molecule has 0 aliphatic carbocycles. The molecule has 0 saturated heterocycles. The zero-order valence-electron chi connectivity index (χ0n) is 8.22. The second kappa shape index (κ2) is 4.57. The van der Waals surface area contributed by atoms with Crippen molar-refractivity contribution in [2.75, 3.05) is 0 Å². The van der Waals surface area contributed by atoms with Crippen molar-refractivity contribution in [2.24, 2.45) is 5.73 Å². The van der Waals surface area contributed by atoms with Gasteiger partial charge in [-0.15, -0.1) is 0 Å². The lowest BCUT2D eigenvalue weighted by Gasteiger charge is -2.02. The predicted molar refractivity (Wildman–Crippen MR) is 56.3 cm³/mol. The minimum atomic E-state index is 1.03. The fourth-order valence-electron chi connectivity index (χ4n) is 1.33. The topological polar surface area (TPSA) is 26.0 Å². The fraction of sp³-hybridized carbons (Fsp3) is 0.333. The number of hydrogen-bond acceptors (Lipinski definition) is 1. The van der Waals surface area contributed by atoms with E-state index in [4.69, 9.17) is 5.73 Å². The van der Waals surface area contributed by atoms with E-state index < -0.39 is 0 Å². The van der Waals surface area contributed by atoms with E-state index >= 15 is 0 Å². The Morgan fingerprint density at radius 1 is 1.08 bits per heavy atom. The van der Waals surface area contributed by atoms with Crippen molar-refractivity contribution in [2.45, 2.75) is 26.7 Å². The van der Waals surface area contributed by atoms with Gasteiger partial charge in [0, 0.05) is 11.6 Å². The lowest BCUT2D eigenvalue weighted by Crippen LogP contribution is -1.89. The third-order valence-electron chi connectivity index (χ3n) is 2.09. The molecule has 0 bridgehead atoms. The SMILES string of the molecule is CCc1cc(C#CN)cc(CC)c1. The van der Waals surface area contributed by atoms with E-state index in [-0.39, 0.29) is 0 Å². The largest absolute Gasteiger partial charge is 0.359 e. The van der Waals surface area contributed by atoms with Gasteiger partial charge in [0.1, 0.15) is 0 Å². The summed E-state index contributed by atoms with van der Waals surface area (Å²) in [6.07, 6.45) is 2.10. The van der Waals surface area contributed by atoms with Crippen LogP contribution < -0.4 is 5.73 Å². The number of aryl methyl sites for hydroxylation is 2. The second-order valence-corrected chi connectivity index (χ2v) is 3.01. The van der Waals surface area contributed by atoms with Gasteiger partial charge in [0.05, 0.1) is 0 Å². The zero-order valence-corrected chi connectivity index (χ0v) is 8.22. The number of benzene rings is 1. The minimum absolute atomic E-state index is 1.03. The molecule has 13 heavy (non-hydrogen) atoms. The van der Waals surface area contributed by atoms with Gasteiger partial charge in [-0.25, -0.2) is 0 Å². The Hall–Kier alpha value is -1.42. The first-order valence-corrected chi connectivity index (χ1v) is 4.64. The van der Waals surface area contributed by atoms with Crippen LogP contribution in [0, 0.1) is 12.0 Å². The highest BCUT2D eigenvalue weighted by Crippen LogP contribution is 2.10. The van der Waals surface area contributed by atoms with Crippen LogP contribution in [-0.4, -0.2) is 0 Å². The Balaban J connectivity index is 3.12. The summed E-state index contributed by atoms with van der Waals surface area (Å²) in [7, 11) is 0. The third kappa shape index (κ3) is 2.52. The molecule has 0 fully saturated rings. The Morgan fingerprint density at radius 2 is 1.62 bits per heavy atom. The average molecular weight is 173 g/mol. The molecule has 2 N–H and O–H groups in total. The summed E-state index contributed by atoms with van der Waals surface area (Å²) in [5, 5.41) is 0. The standard InChI is InChI=1S/C12H15N/c1-3-10-7-11(4-2)9-12(8-10)5-6-13/h7-9H,3-4,13H2,1-2H3. The molecule has 0 unspecified atom stereocenters. The van der Waals surface area contributed by atoms with E-state index in [2.05, 4.69) is 44.0 Å². The van der Waals surface area contributed by atoms with Crippen LogP contribution in [0.15, 0.2) is 18.2 Å². The van der Waals surface area contributed by atoms with E-state index in [1.807, 2.05) is 0 Å². The smallest absolute Gasteiger partial charge is 0.0269 e. The van der Waals surface area contributed by atoms with Gasteiger partial charge in [-0.1, -0.05) is 19.9 Å². The summed E-state index contributed by atoms with van der Waals surface area (Å²) >= 11 is 0. The monoisotopic (exact) mass is 173 g/mol. The Bertz CT molecular complexity index is 320. The van der Waals surface area contributed by atoms with Gasteiger partial charge in [-0.05, 0) is 42.0 Å². The average Bonchev–Trinajstić information content (AvgIpc) is 2.17. The normalized spacial score (nSPS) is 9.08. The molecule has 0 saturated carbocycles. The molecular formula is C12H15N.